The Balaban J connectivity index is 2.48. The van der Waals surface area contributed by atoms with Crippen LogP contribution in [0.5, 0.6) is 0 Å². The van der Waals surface area contributed by atoms with E-state index in [0.717, 1.165) is 11.1 Å². The van der Waals surface area contributed by atoms with Crippen molar-refractivity contribution in [3.63, 3.8) is 0 Å². The first kappa shape index (κ1) is 6.16. The maximum absolute atomic E-state index is 7.31. The minimum atomic E-state index is 0.496. The summed E-state index contributed by atoms with van der Waals surface area (Å²) in [5.41, 5.74) is 8.09. The van der Waals surface area contributed by atoms with Gasteiger partial charge in [0, 0.05) is 5.56 Å². The molecule has 0 aliphatic heterocycles. The van der Waals surface area contributed by atoms with Gasteiger partial charge in [-0.15, -0.1) is 0 Å². The summed E-state index contributed by atoms with van der Waals surface area (Å²) in [6, 6.07) is 9.77. The van der Waals surface area contributed by atoms with Crippen LogP contribution in [0.3, 0.4) is 0 Å². The number of anilines is 1. The van der Waals surface area contributed by atoms with Gasteiger partial charge in [0.1, 0.15) is 0 Å². The predicted molar refractivity (Wildman–Crippen MR) is 44.5 cm³/mol. The zero-order valence-corrected chi connectivity index (χ0v) is 5.96. The summed E-state index contributed by atoms with van der Waals surface area (Å²) in [7, 11) is 0. The fourth-order valence-electron chi connectivity index (χ4n) is 1.11. The molecule has 0 radical (unpaired) electrons. The molecular formula is C9H8N2. The molecule has 0 bridgehead atoms. The molecule has 0 saturated carbocycles. The van der Waals surface area contributed by atoms with Crippen LogP contribution in [0.1, 0.15) is 0 Å². The van der Waals surface area contributed by atoms with Crippen molar-refractivity contribution in [1.29, 1.82) is 5.41 Å². The molecule has 11 heavy (non-hydrogen) atoms. The molecule has 3 N–H and O–H groups in total. The number of benzene rings is 1. The van der Waals surface area contributed by atoms with Crippen molar-refractivity contribution < 1.29 is 0 Å². The lowest BCUT2D eigenvalue weighted by Crippen LogP contribution is -1.80. The number of nitrogens with one attached hydrogen (secondary N) is 1. The fourth-order valence-corrected chi connectivity index (χ4v) is 1.11. The van der Waals surface area contributed by atoms with Crippen molar-refractivity contribution in [3.05, 3.63) is 35.7 Å². The van der Waals surface area contributed by atoms with E-state index in [0.29, 0.717) is 11.0 Å². The molecule has 2 heteroatoms. The molecular weight excluding hydrogens is 136 g/mol. The average molecular weight is 144 g/mol. The van der Waals surface area contributed by atoms with Crippen molar-refractivity contribution in [1.82, 2.24) is 0 Å². The van der Waals surface area contributed by atoms with Gasteiger partial charge in [-0.25, -0.2) is 0 Å². The van der Waals surface area contributed by atoms with Crippen LogP contribution in [0.25, 0.3) is 11.1 Å². The van der Waals surface area contributed by atoms with Gasteiger partial charge in [0.15, 0.2) is 0 Å². The van der Waals surface area contributed by atoms with E-state index < -0.39 is 0 Å². The Kier molecular flexibility index (Phi) is 1.09. The van der Waals surface area contributed by atoms with E-state index in [9.17, 15) is 0 Å². The van der Waals surface area contributed by atoms with Gasteiger partial charge >= 0.3 is 0 Å². The van der Waals surface area contributed by atoms with Crippen LogP contribution in [0, 0.1) is 5.41 Å². The monoisotopic (exact) mass is 144 g/mol. The third-order valence-electron chi connectivity index (χ3n) is 1.79. The number of hydrogen-bond acceptors (Lipinski definition) is 2. The molecule has 0 aliphatic carbocycles. The van der Waals surface area contributed by atoms with Gasteiger partial charge in [0.25, 0.3) is 0 Å². The van der Waals surface area contributed by atoms with Crippen molar-refractivity contribution >= 4 is 5.69 Å². The summed E-state index contributed by atoms with van der Waals surface area (Å²) < 4.78 is 0. The van der Waals surface area contributed by atoms with E-state index in [-0.39, 0.29) is 0 Å². The summed E-state index contributed by atoms with van der Waals surface area (Å²) >= 11 is 0. The van der Waals surface area contributed by atoms with Crippen LogP contribution in [0.2, 0.25) is 0 Å². The van der Waals surface area contributed by atoms with Crippen LogP contribution in [0.15, 0.2) is 30.3 Å². The Labute approximate surface area is 64.5 Å². The van der Waals surface area contributed by atoms with E-state index in [2.05, 4.69) is 0 Å². The maximum Gasteiger partial charge on any atom is 0.0876 e. The molecule has 2 aromatic rings. The lowest BCUT2D eigenvalue weighted by atomic mass is 10.2. The first-order chi connectivity index (χ1) is 5.30. The molecule has 0 saturated heterocycles. The molecule has 0 atom stereocenters. The largest absolute Gasteiger partial charge is 0.396 e. The topological polar surface area (TPSA) is 49.9 Å². The van der Waals surface area contributed by atoms with E-state index >= 15 is 0 Å². The van der Waals surface area contributed by atoms with Crippen LogP contribution >= 0.6 is 0 Å². The van der Waals surface area contributed by atoms with Gasteiger partial charge in [0.05, 0.1) is 11.0 Å². The fraction of sp³-hybridized carbons (Fsp3) is 0. The summed E-state index contributed by atoms with van der Waals surface area (Å²) in [6.07, 6.45) is 0. The number of nitrogen functional groups attached to an aromatic ring is 1. The molecule has 0 amide bonds. The SMILES string of the molecule is N=c1c(N)c1-c1ccccc1. The third kappa shape index (κ3) is 0.835. The highest BCUT2D eigenvalue weighted by Crippen LogP contribution is 2.26. The van der Waals surface area contributed by atoms with E-state index in [1.54, 1.807) is 0 Å². The third-order valence-corrected chi connectivity index (χ3v) is 1.79. The molecule has 0 spiro atoms. The van der Waals surface area contributed by atoms with Gasteiger partial charge in [0.2, 0.25) is 0 Å². The normalized spacial score (nSPS) is 10.5. The lowest BCUT2D eigenvalue weighted by molar-refractivity contribution is 1.37. The molecule has 2 aromatic carbocycles. The minimum Gasteiger partial charge on any atom is -0.396 e. The second-order valence-corrected chi connectivity index (χ2v) is 2.53. The maximum atomic E-state index is 7.31. The smallest absolute Gasteiger partial charge is 0.0876 e. The van der Waals surface area contributed by atoms with E-state index in [4.69, 9.17) is 11.1 Å². The highest BCUT2D eigenvalue weighted by atomic mass is 14.7. The Hall–Kier alpha value is -1.57. The van der Waals surface area contributed by atoms with Crippen LogP contribution in [-0.4, -0.2) is 0 Å². The minimum absolute atomic E-state index is 0.496. The van der Waals surface area contributed by atoms with Gasteiger partial charge in [-0.1, -0.05) is 30.3 Å². The van der Waals surface area contributed by atoms with Gasteiger partial charge in [-0.3, -0.25) is 5.41 Å². The first-order valence-electron chi connectivity index (χ1n) is 3.45. The highest BCUT2D eigenvalue weighted by molar-refractivity contribution is 5.86. The first-order valence-corrected chi connectivity index (χ1v) is 3.45. The molecule has 0 aromatic heterocycles. The predicted octanol–water partition coefficient (Wildman–Crippen LogP) is 1.29. The van der Waals surface area contributed by atoms with Crippen molar-refractivity contribution in [2.45, 2.75) is 0 Å². The van der Waals surface area contributed by atoms with Gasteiger partial charge in [-0.2, -0.15) is 0 Å². The van der Waals surface area contributed by atoms with Crippen molar-refractivity contribution in [3.8, 4) is 11.1 Å². The van der Waals surface area contributed by atoms with E-state index in [1.807, 2.05) is 30.3 Å². The van der Waals surface area contributed by atoms with E-state index in [1.165, 1.54) is 0 Å². The standard InChI is InChI=1S/C9H8N2/c10-8-7(9(8)11)6-4-2-1-3-5-6/h1-5,10H,11H2. The van der Waals surface area contributed by atoms with Crippen LogP contribution in [0.4, 0.5) is 5.69 Å². The second-order valence-electron chi connectivity index (χ2n) is 2.53. The summed E-state index contributed by atoms with van der Waals surface area (Å²) in [5.74, 6) is 0. The zero-order chi connectivity index (χ0) is 7.84. The number of hydrogen-bond donors (Lipinski definition) is 2. The second kappa shape index (κ2) is 1.95. The Morgan fingerprint density at radius 3 is 2.09 bits per heavy atom. The van der Waals surface area contributed by atoms with Gasteiger partial charge in [-0.05, 0) is 5.56 Å². The average Bonchev–Trinajstić information content (AvgIpc) is 2.62. The quantitative estimate of drug-likeness (QED) is 0.622. The summed E-state index contributed by atoms with van der Waals surface area (Å²) in [6.45, 7) is 0. The molecule has 0 heterocycles. The molecule has 2 rings (SSSR count). The number of nitrogens with two attached hydrogens (primary N) is 1. The Bertz CT molecular complexity index is 380. The molecule has 2 nitrogen and oxygen atoms in total. The number of rotatable bonds is 1. The molecule has 0 aliphatic rings. The van der Waals surface area contributed by atoms with Crippen molar-refractivity contribution in [2.75, 3.05) is 5.73 Å². The zero-order valence-electron chi connectivity index (χ0n) is 5.96. The Morgan fingerprint density at radius 1 is 1.09 bits per heavy atom. The van der Waals surface area contributed by atoms with Crippen molar-refractivity contribution in [2.24, 2.45) is 0 Å². The lowest BCUT2D eigenvalue weighted by Gasteiger charge is -1.88. The Morgan fingerprint density at radius 2 is 1.64 bits per heavy atom. The molecule has 0 fully saturated rings. The molecule has 0 unspecified atom stereocenters. The van der Waals surface area contributed by atoms with Crippen LogP contribution < -0.4 is 11.1 Å². The summed E-state index contributed by atoms with van der Waals surface area (Å²) in [5, 5.41) is 7.81. The van der Waals surface area contributed by atoms with Crippen LogP contribution in [-0.2, 0) is 0 Å². The van der Waals surface area contributed by atoms with Gasteiger partial charge < -0.3 is 5.73 Å². The highest BCUT2D eigenvalue weighted by Gasteiger charge is 2.15. The summed E-state index contributed by atoms with van der Waals surface area (Å²) in [4.78, 5) is 0. The molecule has 54 valence electrons.